The summed E-state index contributed by atoms with van der Waals surface area (Å²) in [7, 11) is 5.41. The molecular formula is C26H27N5O2. The first-order chi connectivity index (χ1) is 15.9. The fourth-order valence-electron chi connectivity index (χ4n) is 3.96. The number of aromatic nitrogens is 4. The van der Waals surface area contributed by atoms with Gasteiger partial charge in [-0.15, -0.1) is 5.92 Å². The number of allylic oxidation sites excluding steroid dienone is 1. The van der Waals surface area contributed by atoms with E-state index in [-0.39, 0.29) is 5.69 Å². The van der Waals surface area contributed by atoms with Crippen molar-refractivity contribution in [2.24, 2.45) is 7.05 Å². The first kappa shape index (κ1) is 22.2. The Hall–Kier alpha value is -4.05. The fraction of sp³-hybridized carbons (Fsp3) is 0.269. The van der Waals surface area contributed by atoms with E-state index >= 15 is 0 Å². The zero-order chi connectivity index (χ0) is 23.7. The fourth-order valence-corrected chi connectivity index (χ4v) is 3.96. The summed E-state index contributed by atoms with van der Waals surface area (Å²) >= 11 is 0. The standard InChI is InChI=1S/C26H27N5O2/c1-7-9-18(16-29(4)8-2)19-12-20-21(13-24(19)33-6)28-15-23-25(20)31(26(32)30(23)5)22-10-11-27-14-17(22)3/h10-16H,8H2,1-6H3/b18-16+. The Bertz CT molecular complexity index is 1520. The number of rotatable bonds is 5. The van der Waals surface area contributed by atoms with Gasteiger partial charge in [-0.2, -0.15) is 0 Å². The highest BCUT2D eigenvalue weighted by molar-refractivity contribution is 6.05. The lowest BCUT2D eigenvalue weighted by Crippen LogP contribution is -2.21. The lowest BCUT2D eigenvalue weighted by atomic mass is 10.0. The molecule has 7 nitrogen and oxygen atoms in total. The average Bonchev–Trinajstić information content (AvgIpc) is 3.08. The van der Waals surface area contributed by atoms with Gasteiger partial charge in [0.05, 0.1) is 41.1 Å². The minimum absolute atomic E-state index is 0.138. The summed E-state index contributed by atoms with van der Waals surface area (Å²) in [5.74, 6) is 6.90. The van der Waals surface area contributed by atoms with Crippen LogP contribution in [0.1, 0.15) is 25.0 Å². The molecule has 0 fully saturated rings. The largest absolute Gasteiger partial charge is 0.496 e. The van der Waals surface area contributed by atoms with E-state index in [1.165, 1.54) is 0 Å². The molecule has 0 aliphatic rings. The lowest BCUT2D eigenvalue weighted by molar-refractivity contribution is 0.414. The van der Waals surface area contributed by atoms with Crippen molar-refractivity contribution in [1.29, 1.82) is 0 Å². The predicted octanol–water partition coefficient (Wildman–Crippen LogP) is 3.91. The van der Waals surface area contributed by atoms with Gasteiger partial charge in [-0.05, 0) is 38.5 Å². The number of hydrogen-bond acceptors (Lipinski definition) is 5. The monoisotopic (exact) mass is 441 g/mol. The van der Waals surface area contributed by atoms with Crippen LogP contribution in [0, 0.1) is 18.8 Å². The van der Waals surface area contributed by atoms with Crippen LogP contribution in [0.5, 0.6) is 5.75 Å². The molecule has 4 aromatic rings. The van der Waals surface area contributed by atoms with Crippen LogP contribution in [0.3, 0.4) is 0 Å². The van der Waals surface area contributed by atoms with Crippen LogP contribution < -0.4 is 10.4 Å². The van der Waals surface area contributed by atoms with Crippen LogP contribution in [0.2, 0.25) is 0 Å². The van der Waals surface area contributed by atoms with Crippen LogP contribution in [0.15, 0.2) is 47.8 Å². The van der Waals surface area contributed by atoms with E-state index in [0.29, 0.717) is 5.75 Å². The van der Waals surface area contributed by atoms with Gasteiger partial charge in [-0.1, -0.05) is 5.92 Å². The molecule has 3 aromatic heterocycles. The average molecular weight is 442 g/mol. The minimum Gasteiger partial charge on any atom is -0.496 e. The molecule has 0 aliphatic carbocycles. The second kappa shape index (κ2) is 8.83. The highest BCUT2D eigenvalue weighted by Crippen LogP contribution is 2.34. The van der Waals surface area contributed by atoms with Gasteiger partial charge in [-0.3, -0.25) is 19.1 Å². The van der Waals surface area contributed by atoms with Crippen LogP contribution >= 0.6 is 0 Å². The summed E-state index contributed by atoms with van der Waals surface area (Å²) in [6.45, 7) is 6.69. The van der Waals surface area contributed by atoms with Crippen molar-refractivity contribution in [1.82, 2.24) is 24.0 Å². The number of pyridine rings is 2. The van der Waals surface area contributed by atoms with Gasteiger partial charge in [0.25, 0.3) is 0 Å². The van der Waals surface area contributed by atoms with Crippen molar-refractivity contribution < 1.29 is 4.74 Å². The second-order valence-electron chi connectivity index (χ2n) is 7.89. The van der Waals surface area contributed by atoms with E-state index in [2.05, 4.69) is 33.6 Å². The molecule has 0 unspecified atom stereocenters. The van der Waals surface area contributed by atoms with Crippen LogP contribution in [-0.2, 0) is 7.05 Å². The molecule has 7 heteroatoms. The first-order valence-electron chi connectivity index (χ1n) is 10.8. The molecule has 168 valence electrons. The highest BCUT2D eigenvalue weighted by Gasteiger charge is 2.20. The molecule has 0 saturated heterocycles. The summed E-state index contributed by atoms with van der Waals surface area (Å²) in [5, 5.41) is 0.847. The Balaban J connectivity index is 2.16. The zero-order valence-electron chi connectivity index (χ0n) is 19.8. The van der Waals surface area contributed by atoms with Crippen molar-refractivity contribution in [2.75, 3.05) is 20.7 Å². The van der Waals surface area contributed by atoms with Crippen LogP contribution in [0.25, 0.3) is 33.2 Å². The van der Waals surface area contributed by atoms with Gasteiger partial charge in [0.2, 0.25) is 0 Å². The first-order valence-corrected chi connectivity index (χ1v) is 10.8. The molecular weight excluding hydrogens is 414 g/mol. The number of fused-ring (bicyclic) bond motifs is 3. The van der Waals surface area contributed by atoms with Crippen molar-refractivity contribution in [3.63, 3.8) is 0 Å². The van der Waals surface area contributed by atoms with Gasteiger partial charge in [-0.25, -0.2) is 4.79 Å². The van der Waals surface area contributed by atoms with Gasteiger partial charge in [0.1, 0.15) is 5.75 Å². The van der Waals surface area contributed by atoms with Crippen molar-refractivity contribution >= 4 is 27.5 Å². The predicted molar refractivity (Wildman–Crippen MR) is 133 cm³/mol. The maximum Gasteiger partial charge on any atom is 0.333 e. The van der Waals surface area contributed by atoms with E-state index < -0.39 is 0 Å². The quantitative estimate of drug-likeness (QED) is 0.440. The normalized spacial score (nSPS) is 11.5. The van der Waals surface area contributed by atoms with E-state index in [4.69, 9.17) is 4.74 Å². The summed E-state index contributed by atoms with van der Waals surface area (Å²) in [6.07, 6.45) is 7.21. The van der Waals surface area contributed by atoms with Crippen molar-refractivity contribution in [3.8, 4) is 23.3 Å². The minimum atomic E-state index is -0.138. The molecule has 0 aliphatic heterocycles. The molecule has 0 radical (unpaired) electrons. The molecule has 3 heterocycles. The third-order valence-corrected chi connectivity index (χ3v) is 5.83. The van der Waals surface area contributed by atoms with E-state index in [0.717, 1.165) is 50.9 Å². The number of hydrogen-bond donors (Lipinski definition) is 0. The SMILES string of the molecule is CC#C/C(=C\N(C)CC)c1cc2c(cc1OC)ncc1c2n(-c2ccncc2C)c(=O)n1C. The van der Waals surface area contributed by atoms with E-state index in [1.54, 1.807) is 41.9 Å². The maximum absolute atomic E-state index is 13.3. The summed E-state index contributed by atoms with van der Waals surface area (Å²) in [6, 6.07) is 5.79. The third-order valence-electron chi connectivity index (χ3n) is 5.83. The Labute approximate surface area is 192 Å². The number of ether oxygens (including phenoxy) is 1. The number of benzene rings is 1. The van der Waals surface area contributed by atoms with Gasteiger partial charge in [0.15, 0.2) is 0 Å². The van der Waals surface area contributed by atoms with Gasteiger partial charge in [0, 0.05) is 56.2 Å². The van der Waals surface area contributed by atoms with Gasteiger partial charge >= 0.3 is 5.69 Å². The zero-order valence-corrected chi connectivity index (χ0v) is 19.8. The molecule has 0 atom stereocenters. The molecule has 0 spiro atoms. The number of methoxy groups -OCH3 is 1. The third kappa shape index (κ3) is 3.74. The highest BCUT2D eigenvalue weighted by atomic mass is 16.5. The molecule has 0 bridgehead atoms. The molecule has 1 aromatic carbocycles. The lowest BCUT2D eigenvalue weighted by Gasteiger charge is -2.15. The number of aryl methyl sites for hydroxylation is 2. The summed E-state index contributed by atoms with van der Waals surface area (Å²) in [5.41, 5.74) is 5.53. The summed E-state index contributed by atoms with van der Waals surface area (Å²) in [4.78, 5) is 24.2. The number of nitrogens with zero attached hydrogens (tertiary/aromatic N) is 5. The molecule has 0 amide bonds. The molecule has 33 heavy (non-hydrogen) atoms. The van der Waals surface area contributed by atoms with E-state index in [1.807, 2.05) is 45.3 Å². The number of imidazole rings is 1. The molecule has 0 saturated carbocycles. The maximum atomic E-state index is 13.3. The van der Waals surface area contributed by atoms with Crippen molar-refractivity contribution in [2.45, 2.75) is 20.8 Å². The van der Waals surface area contributed by atoms with Crippen LogP contribution in [0.4, 0.5) is 0 Å². The smallest absolute Gasteiger partial charge is 0.333 e. The summed E-state index contributed by atoms with van der Waals surface area (Å²) < 4.78 is 9.08. The Morgan fingerprint density at radius 1 is 1.30 bits per heavy atom. The topological polar surface area (TPSA) is 65.2 Å². The second-order valence-corrected chi connectivity index (χ2v) is 7.89. The van der Waals surface area contributed by atoms with Gasteiger partial charge < -0.3 is 9.64 Å². The Kier molecular flexibility index (Phi) is 5.93. The van der Waals surface area contributed by atoms with E-state index in [9.17, 15) is 4.79 Å². The molecule has 0 N–H and O–H groups in total. The Morgan fingerprint density at radius 3 is 2.76 bits per heavy atom. The van der Waals surface area contributed by atoms with Crippen molar-refractivity contribution in [3.05, 3.63) is 64.6 Å². The molecule has 4 rings (SSSR count). The Morgan fingerprint density at radius 2 is 2.09 bits per heavy atom. The van der Waals surface area contributed by atoms with Crippen LogP contribution in [-0.4, -0.2) is 44.7 Å².